The molecule has 0 radical (unpaired) electrons. The topological polar surface area (TPSA) is 55.8 Å². The van der Waals surface area contributed by atoms with E-state index in [9.17, 15) is 9.90 Å². The van der Waals surface area contributed by atoms with Gasteiger partial charge in [-0.25, -0.2) is 4.79 Å². The Morgan fingerprint density at radius 1 is 1.18 bits per heavy atom. The van der Waals surface area contributed by atoms with E-state index in [4.69, 9.17) is 21.1 Å². The van der Waals surface area contributed by atoms with Crippen LogP contribution in [0.25, 0.3) is 16.8 Å². The van der Waals surface area contributed by atoms with Crippen LogP contribution in [0.2, 0.25) is 5.02 Å². The predicted octanol–water partition coefficient (Wildman–Crippen LogP) is 4.39. The van der Waals surface area contributed by atoms with Crippen LogP contribution in [0, 0.1) is 0 Å². The Hall–Kier alpha value is -2.20. The Balaban J connectivity index is 2.89. The fourth-order valence-corrected chi connectivity index (χ4v) is 2.72. The molecular formula is C17H17ClO4. The fraction of sp³-hybridized carbons (Fsp3) is 0.235. The summed E-state index contributed by atoms with van der Waals surface area (Å²) in [7, 11) is 3.07. The Morgan fingerprint density at radius 3 is 2.18 bits per heavy atom. The molecule has 0 aliphatic rings. The van der Waals surface area contributed by atoms with Gasteiger partial charge in [-0.05, 0) is 12.5 Å². The van der Waals surface area contributed by atoms with Crippen molar-refractivity contribution in [2.75, 3.05) is 14.2 Å². The number of hydrogen-bond donors (Lipinski definition) is 1. The molecular weight excluding hydrogens is 304 g/mol. The second kappa shape index (κ2) is 6.71. The van der Waals surface area contributed by atoms with Gasteiger partial charge in [0, 0.05) is 21.9 Å². The summed E-state index contributed by atoms with van der Waals surface area (Å²) < 4.78 is 10.9. The monoisotopic (exact) mass is 320 g/mol. The minimum absolute atomic E-state index is 0.248. The van der Waals surface area contributed by atoms with E-state index in [0.717, 1.165) is 10.8 Å². The average molecular weight is 321 g/mol. The molecule has 0 aliphatic carbocycles. The van der Waals surface area contributed by atoms with E-state index in [0.29, 0.717) is 28.5 Å². The summed E-state index contributed by atoms with van der Waals surface area (Å²) in [6.45, 7) is 1.78. The summed E-state index contributed by atoms with van der Waals surface area (Å²) in [6.07, 6.45) is 1.92. The van der Waals surface area contributed by atoms with Gasteiger partial charge in [0.15, 0.2) is 0 Å². The second-order valence-electron chi connectivity index (χ2n) is 4.67. The Bertz CT molecular complexity index is 750. The molecule has 0 amide bonds. The molecule has 0 aromatic heterocycles. The molecule has 2 aromatic rings. The number of carboxylic acids is 1. The summed E-state index contributed by atoms with van der Waals surface area (Å²) in [5, 5.41) is 11.2. The lowest BCUT2D eigenvalue weighted by atomic mass is 10.0. The molecule has 0 bridgehead atoms. The van der Waals surface area contributed by atoms with Gasteiger partial charge in [0.1, 0.15) is 11.5 Å². The number of carboxylic acid groups (broad SMARTS) is 1. The van der Waals surface area contributed by atoms with Crippen molar-refractivity contribution in [3.8, 4) is 11.5 Å². The highest BCUT2D eigenvalue weighted by Gasteiger charge is 2.19. The molecule has 0 aliphatic heterocycles. The number of hydrogen-bond acceptors (Lipinski definition) is 3. The van der Waals surface area contributed by atoms with Crippen LogP contribution in [0.4, 0.5) is 0 Å². The first-order chi connectivity index (χ1) is 10.5. The van der Waals surface area contributed by atoms with Crippen LogP contribution < -0.4 is 9.47 Å². The van der Waals surface area contributed by atoms with Gasteiger partial charge in [-0.3, -0.25) is 0 Å². The lowest BCUT2D eigenvalue weighted by Gasteiger charge is -2.16. The maximum atomic E-state index is 11.3. The average Bonchev–Trinajstić information content (AvgIpc) is 2.52. The van der Waals surface area contributed by atoms with E-state index in [2.05, 4.69) is 0 Å². The van der Waals surface area contributed by atoms with Crippen molar-refractivity contribution in [3.63, 3.8) is 0 Å². The highest BCUT2D eigenvalue weighted by atomic mass is 35.5. The highest BCUT2D eigenvalue weighted by molar-refractivity contribution is 6.35. The molecule has 1 N–H and O–H groups in total. The Labute approximate surface area is 133 Å². The minimum atomic E-state index is -0.979. The molecule has 0 saturated carbocycles. The minimum Gasteiger partial charge on any atom is -0.495 e. The molecule has 2 rings (SSSR count). The van der Waals surface area contributed by atoms with Crippen molar-refractivity contribution in [2.45, 2.75) is 13.3 Å². The molecule has 4 nitrogen and oxygen atoms in total. The standard InChI is InChI=1S/C17H17ClO4/c1-4-10(17(19)20)9-13-14(18)16(22-3)12-8-6-5-7-11(12)15(13)21-2/h5-9H,4H2,1-3H3,(H,19,20)/b10-9-. The van der Waals surface area contributed by atoms with Gasteiger partial charge < -0.3 is 14.6 Å². The number of benzene rings is 2. The van der Waals surface area contributed by atoms with Crippen molar-refractivity contribution < 1.29 is 19.4 Å². The van der Waals surface area contributed by atoms with Crippen LogP contribution in [-0.4, -0.2) is 25.3 Å². The molecule has 22 heavy (non-hydrogen) atoms. The number of methoxy groups -OCH3 is 2. The number of ether oxygens (including phenoxy) is 2. The number of rotatable bonds is 5. The summed E-state index contributed by atoms with van der Waals surface area (Å²) in [5.74, 6) is 0.0616. The first-order valence-corrected chi connectivity index (χ1v) is 7.18. The number of carbonyl (C=O) groups is 1. The van der Waals surface area contributed by atoms with Crippen LogP contribution >= 0.6 is 11.6 Å². The quantitative estimate of drug-likeness (QED) is 0.830. The van der Waals surface area contributed by atoms with Gasteiger partial charge in [0.2, 0.25) is 0 Å². The molecule has 0 spiro atoms. The van der Waals surface area contributed by atoms with Gasteiger partial charge in [-0.2, -0.15) is 0 Å². The number of aliphatic carboxylic acids is 1. The maximum absolute atomic E-state index is 11.3. The van der Waals surface area contributed by atoms with E-state index in [1.165, 1.54) is 14.2 Å². The van der Waals surface area contributed by atoms with Crippen molar-refractivity contribution in [2.24, 2.45) is 0 Å². The normalized spacial score (nSPS) is 11.5. The highest BCUT2D eigenvalue weighted by Crippen LogP contribution is 2.44. The van der Waals surface area contributed by atoms with Crippen LogP contribution in [0.3, 0.4) is 0 Å². The van der Waals surface area contributed by atoms with E-state index < -0.39 is 5.97 Å². The Kier molecular flexibility index (Phi) is 4.93. The van der Waals surface area contributed by atoms with Gasteiger partial charge >= 0.3 is 5.97 Å². The third kappa shape index (κ3) is 2.74. The van der Waals surface area contributed by atoms with Crippen molar-refractivity contribution in [1.82, 2.24) is 0 Å². The molecule has 116 valence electrons. The first-order valence-electron chi connectivity index (χ1n) is 6.81. The zero-order valence-electron chi connectivity index (χ0n) is 12.6. The van der Waals surface area contributed by atoms with Gasteiger partial charge in [0.05, 0.1) is 19.2 Å². The van der Waals surface area contributed by atoms with Crippen molar-refractivity contribution >= 4 is 34.4 Å². The zero-order valence-corrected chi connectivity index (χ0v) is 13.4. The van der Waals surface area contributed by atoms with Crippen LogP contribution in [-0.2, 0) is 4.79 Å². The number of halogens is 1. The largest absolute Gasteiger partial charge is 0.495 e. The molecule has 0 fully saturated rings. The summed E-state index contributed by atoms with van der Waals surface area (Å²) >= 11 is 6.44. The first kappa shape index (κ1) is 16.2. The van der Waals surface area contributed by atoms with E-state index in [1.54, 1.807) is 13.0 Å². The van der Waals surface area contributed by atoms with E-state index in [-0.39, 0.29) is 5.57 Å². The molecule has 0 unspecified atom stereocenters. The number of fused-ring (bicyclic) bond motifs is 1. The SMILES string of the molecule is CC/C(=C/c1c(Cl)c(OC)c2ccccc2c1OC)C(=O)O. The van der Waals surface area contributed by atoms with Gasteiger partial charge in [0.25, 0.3) is 0 Å². The Morgan fingerprint density at radius 2 is 1.73 bits per heavy atom. The predicted molar refractivity (Wildman–Crippen MR) is 88.0 cm³/mol. The zero-order chi connectivity index (χ0) is 16.3. The molecule has 0 heterocycles. The summed E-state index contributed by atoms with van der Waals surface area (Å²) in [6, 6.07) is 7.53. The third-order valence-electron chi connectivity index (χ3n) is 3.48. The molecule has 5 heteroatoms. The third-order valence-corrected chi connectivity index (χ3v) is 3.85. The van der Waals surface area contributed by atoms with E-state index >= 15 is 0 Å². The van der Waals surface area contributed by atoms with Crippen molar-refractivity contribution in [1.29, 1.82) is 0 Å². The molecule has 0 saturated heterocycles. The lowest BCUT2D eigenvalue weighted by Crippen LogP contribution is -2.01. The van der Waals surface area contributed by atoms with Gasteiger partial charge in [-0.1, -0.05) is 42.8 Å². The lowest BCUT2D eigenvalue weighted by molar-refractivity contribution is -0.132. The van der Waals surface area contributed by atoms with Gasteiger partial charge in [-0.15, -0.1) is 0 Å². The summed E-state index contributed by atoms with van der Waals surface area (Å²) in [5.41, 5.74) is 0.761. The maximum Gasteiger partial charge on any atom is 0.331 e. The van der Waals surface area contributed by atoms with E-state index in [1.807, 2.05) is 24.3 Å². The fourth-order valence-electron chi connectivity index (χ4n) is 2.40. The molecule has 2 aromatic carbocycles. The summed E-state index contributed by atoms with van der Waals surface area (Å²) in [4.78, 5) is 11.3. The van der Waals surface area contributed by atoms with Crippen LogP contribution in [0.1, 0.15) is 18.9 Å². The van der Waals surface area contributed by atoms with Crippen LogP contribution in [0.5, 0.6) is 11.5 Å². The van der Waals surface area contributed by atoms with Crippen LogP contribution in [0.15, 0.2) is 29.8 Å². The molecule has 0 atom stereocenters. The smallest absolute Gasteiger partial charge is 0.331 e. The second-order valence-corrected chi connectivity index (χ2v) is 5.05. The van der Waals surface area contributed by atoms with Crippen molar-refractivity contribution in [3.05, 3.63) is 40.4 Å².